The number of carbonyl (C=O) groups is 2. The average molecular weight is 458 g/mol. The van der Waals surface area contributed by atoms with Gasteiger partial charge in [0.05, 0.1) is 12.2 Å². The van der Waals surface area contributed by atoms with E-state index in [1.165, 1.54) is 11.3 Å². The van der Waals surface area contributed by atoms with Gasteiger partial charge < -0.3 is 15.5 Å². The molecule has 2 heterocycles. The van der Waals surface area contributed by atoms with E-state index in [1.807, 2.05) is 66.8 Å². The Balaban J connectivity index is 1.35. The lowest BCUT2D eigenvalue weighted by atomic mass is 10.0. The zero-order valence-electron chi connectivity index (χ0n) is 18.3. The van der Waals surface area contributed by atoms with Gasteiger partial charge in [-0.05, 0) is 53.6 Å². The number of carbonyl (C=O) groups excluding carboxylic acids is 2. The van der Waals surface area contributed by atoms with E-state index in [9.17, 15) is 9.59 Å². The van der Waals surface area contributed by atoms with E-state index in [-0.39, 0.29) is 18.4 Å². The quantitative estimate of drug-likeness (QED) is 0.432. The van der Waals surface area contributed by atoms with Gasteiger partial charge in [-0.1, -0.05) is 18.2 Å². The molecule has 8 heteroatoms. The third-order valence-corrected chi connectivity index (χ3v) is 5.74. The van der Waals surface area contributed by atoms with Crippen molar-refractivity contribution < 1.29 is 9.59 Å². The topological polar surface area (TPSA) is 87.2 Å². The first-order valence-electron chi connectivity index (χ1n) is 10.3. The van der Waals surface area contributed by atoms with Crippen molar-refractivity contribution in [1.82, 2.24) is 15.3 Å². The monoisotopic (exact) mass is 457 g/mol. The van der Waals surface area contributed by atoms with Crippen LogP contribution < -0.4 is 15.5 Å². The lowest BCUT2D eigenvalue weighted by Gasteiger charge is -2.12. The fourth-order valence-electron chi connectivity index (χ4n) is 3.20. The van der Waals surface area contributed by atoms with Crippen molar-refractivity contribution in [3.63, 3.8) is 0 Å². The van der Waals surface area contributed by atoms with Gasteiger partial charge in [0.15, 0.2) is 5.13 Å². The maximum absolute atomic E-state index is 12.3. The summed E-state index contributed by atoms with van der Waals surface area (Å²) in [4.78, 5) is 35.1. The summed E-state index contributed by atoms with van der Waals surface area (Å²) in [5, 5.41) is 7.76. The molecule has 0 radical (unpaired) electrons. The van der Waals surface area contributed by atoms with Crippen molar-refractivity contribution >= 4 is 34.0 Å². The summed E-state index contributed by atoms with van der Waals surface area (Å²) in [6.45, 7) is -0.138. The van der Waals surface area contributed by atoms with E-state index in [0.717, 1.165) is 28.1 Å². The molecule has 0 fully saturated rings. The smallest absolute Gasteiger partial charge is 0.251 e. The molecule has 0 aliphatic heterocycles. The first-order valence-corrected chi connectivity index (χ1v) is 11.2. The number of benzene rings is 2. The number of nitrogens with one attached hydrogen (secondary N) is 2. The maximum Gasteiger partial charge on any atom is 0.251 e. The van der Waals surface area contributed by atoms with Gasteiger partial charge in [-0.3, -0.25) is 14.6 Å². The van der Waals surface area contributed by atoms with Gasteiger partial charge in [0.2, 0.25) is 5.91 Å². The van der Waals surface area contributed by atoms with E-state index in [1.54, 1.807) is 24.5 Å². The highest BCUT2D eigenvalue weighted by atomic mass is 32.1. The van der Waals surface area contributed by atoms with E-state index in [0.29, 0.717) is 10.7 Å². The third-order valence-electron chi connectivity index (χ3n) is 4.98. The predicted octanol–water partition coefficient (Wildman–Crippen LogP) is 4.31. The van der Waals surface area contributed by atoms with Crippen molar-refractivity contribution in [2.75, 3.05) is 30.9 Å². The van der Waals surface area contributed by atoms with Gasteiger partial charge >= 0.3 is 0 Å². The second kappa shape index (κ2) is 10.1. The van der Waals surface area contributed by atoms with Crippen LogP contribution >= 0.6 is 11.3 Å². The number of thiazole rings is 1. The summed E-state index contributed by atoms with van der Waals surface area (Å²) in [7, 11) is 3.86. The van der Waals surface area contributed by atoms with E-state index >= 15 is 0 Å². The van der Waals surface area contributed by atoms with Crippen molar-refractivity contribution in [3.8, 4) is 22.4 Å². The minimum atomic E-state index is -0.334. The fourth-order valence-corrected chi connectivity index (χ4v) is 3.94. The molecule has 0 unspecified atom stereocenters. The van der Waals surface area contributed by atoms with Gasteiger partial charge in [-0.2, -0.15) is 0 Å². The third kappa shape index (κ3) is 5.61. The predicted molar refractivity (Wildman–Crippen MR) is 133 cm³/mol. The van der Waals surface area contributed by atoms with E-state index in [2.05, 4.69) is 26.7 Å². The average Bonchev–Trinajstić information content (AvgIpc) is 3.31. The Labute approximate surface area is 196 Å². The summed E-state index contributed by atoms with van der Waals surface area (Å²) >= 11 is 1.34. The number of anilines is 2. The molecular weight excluding hydrogens is 434 g/mol. The number of amides is 2. The summed E-state index contributed by atoms with van der Waals surface area (Å²) in [5.41, 5.74) is 5.36. The van der Waals surface area contributed by atoms with Crippen LogP contribution in [0.2, 0.25) is 0 Å². The molecule has 0 saturated heterocycles. The highest BCUT2D eigenvalue weighted by Gasteiger charge is 2.11. The summed E-state index contributed by atoms with van der Waals surface area (Å²) in [5.74, 6) is -0.636. The molecule has 7 nitrogen and oxygen atoms in total. The van der Waals surface area contributed by atoms with Gasteiger partial charge in [0.25, 0.3) is 5.91 Å². The lowest BCUT2D eigenvalue weighted by Crippen LogP contribution is -2.32. The minimum Gasteiger partial charge on any atom is -0.378 e. The van der Waals surface area contributed by atoms with Crippen LogP contribution in [0.15, 0.2) is 78.4 Å². The first kappa shape index (κ1) is 22.2. The van der Waals surface area contributed by atoms with Gasteiger partial charge in [-0.25, -0.2) is 4.98 Å². The largest absolute Gasteiger partial charge is 0.378 e. The van der Waals surface area contributed by atoms with Gasteiger partial charge in [0, 0.05) is 48.7 Å². The molecule has 0 saturated carbocycles. The van der Waals surface area contributed by atoms with Gasteiger partial charge in [0.1, 0.15) is 0 Å². The normalized spacial score (nSPS) is 10.5. The van der Waals surface area contributed by atoms with Crippen LogP contribution in [0.25, 0.3) is 22.4 Å². The number of rotatable bonds is 7. The molecule has 0 atom stereocenters. The van der Waals surface area contributed by atoms with Crippen LogP contribution in [0.3, 0.4) is 0 Å². The van der Waals surface area contributed by atoms with Crippen molar-refractivity contribution in [1.29, 1.82) is 0 Å². The molecule has 2 aromatic heterocycles. The number of hydrogen-bond donors (Lipinski definition) is 2. The molecule has 2 amide bonds. The highest BCUT2D eigenvalue weighted by Crippen LogP contribution is 2.28. The molecule has 2 N–H and O–H groups in total. The van der Waals surface area contributed by atoms with Crippen molar-refractivity contribution in [3.05, 3.63) is 84.0 Å². The minimum absolute atomic E-state index is 0.138. The Hall–Kier alpha value is -4.04. The molecule has 166 valence electrons. The summed E-state index contributed by atoms with van der Waals surface area (Å²) in [6.07, 6.45) is 3.52. The van der Waals surface area contributed by atoms with Crippen molar-refractivity contribution in [2.24, 2.45) is 0 Å². The maximum atomic E-state index is 12.3. The number of nitrogens with zero attached hydrogens (tertiary/aromatic N) is 3. The molecule has 0 spiro atoms. The molecule has 33 heavy (non-hydrogen) atoms. The van der Waals surface area contributed by atoms with Crippen LogP contribution in [0, 0.1) is 0 Å². The van der Waals surface area contributed by atoms with Crippen LogP contribution in [0.4, 0.5) is 10.8 Å². The van der Waals surface area contributed by atoms with Crippen LogP contribution in [0.1, 0.15) is 10.4 Å². The lowest BCUT2D eigenvalue weighted by molar-refractivity contribution is -0.115. The molecule has 0 aliphatic carbocycles. The SMILES string of the molecule is CN(C)c1ccc(C(=O)NCC(=O)Nc2nc(-c3cccc(-c4ccncc4)c3)cs2)cc1. The molecule has 0 bridgehead atoms. The summed E-state index contributed by atoms with van der Waals surface area (Å²) < 4.78 is 0. The van der Waals surface area contributed by atoms with E-state index < -0.39 is 0 Å². The van der Waals surface area contributed by atoms with Crippen LogP contribution in [0.5, 0.6) is 0 Å². The fraction of sp³-hybridized carbons (Fsp3) is 0.120. The standard InChI is InChI=1S/C25H23N5O2S/c1-30(2)21-8-6-18(7-9-21)24(32)27-15-23(31)29-25-28-22(16-33-25)20-5-3-4-19(14-20)17-10-12-26-13-11-17/h3-14,16H,15H2,1-2H3,(H,27,32)(H,28,29,31). The zero-order valence-corrected chi connectivity index (χ0v) is 19.1. The Kier molecular flexibility index (Phi) is 6.75. The summed E-state index contributed by atoms with van der Waals surface area (Å²) in [6, 6.07) is 19.1. The second-order valence-electron chi connectivity index (χ2n) is 7.53. The molecule has 4 rings (SSSR count). The molecule has 0 aliphatic rings. The Morgan fingerprint density at radius 1 is 0.939 bits per heavy atom. The molecule has 4 aromatic rings. The number of pyridine rings is 1. The highest BCUT2D eigenvalue weighted by molar-refractivity contribution is 7.14. The molecular formula is C25H23N5O2S. The number of hydrogen-bond acceptors (Lipinski definition) is 6. The Morgan fingerprint density at radius 2 is 1.67 bits per heavy atom. The zero-order chi connectivity index (χ0) is 23.2. The van der Waals surface area contributed by atoms with Crippen molar-refractivity contribution in [2.45, 2.75) is 0 Å². The Bertz CT molecular complexity index is 1250. The van der Waals surface area contributed by atoms with Crippen LogP contribution in [-0.4, -0.2) is 42.4 Å². The Morgan fingerprint density at radius 3 is 2.39 bits per heavy atom. The number of aromatic nitrogens is 2. The van der Waals surface area contributed by atoms with Gasteiger partial charge in [-0.15, -0.1) is 11.3 Å². The van der Waals surface area contributed by atoms with E-state index in [4.69, 9.17) is 0 Å². The second-order valence-corrected chi connectivity index (χ2v) is 8.38. The van der Waals surface area contributed by atoms with Crippen LogP contribution in [-0.2, 0) is 4.79 Å². The first-order chi connectivity index (χ1) is 16.0. The molecule has 2 aromatic carbocycles.